The Morgan fingerprint density at radius 2 is 2.38 bits per heavy atom. The molecule has 1 atom stereocenters. The summed E-state index contributed by atoms with van der Waals surface area (Å²) in [5.41, 5.74) is 0.693. The molecule has 0 radical (unpaired) electrons. The fourth-order valence-electron chi connectivity index (χ4n) is 2.74. The average molecular weight is 357 g/mol. The first-order valence-corrected chi connectivity index (χ1v) is 8.12. The van der Waals surface area contributed by atoms with Gasteiger partial charge in [-0.1, -0.05) is 6.92 Å². The molecule has 1 N–H and O–H groups in total. The van der Waals surface area contributed by atoms with E-state index in [1.54, 1.807) is 6.92 Å². The van der Waals surface area contributed by atoms with Crippen LogP contribution in [0.2, 0.25) is 0 Å². The third-order valence-electron chi connectivity index (χ3n) is 3.86. The predicted octanol–water partition coefficient (Wildman–Crippen LogP) is 3.03. The number of aromatic nitrogens is 1. The molecular weight excluding hydrogens is 336 g/mol. The number of hydrogen-bond donors (Lipinski definition) is 1. The quantitative estimate of drug-likeness (QED) is 0.648. The van der Waals surface area contributed by atoms with Gasteiger partial charge in [0.1, 0.15) is 12.0 Å². The first kappa shape index (κ1) is 16.2. The predicted molar refractivity (Wildman–Crippen MR) is 86.9 cm³/mol. The molecule has 6 nitrogen and oxygen atoms in total. The molecule has 116 valence electrons. The van der Waals surface area contributed by atoms with Crippen LogP contribution in [0.15, 0.2) is 10.7 Å². The maximum Gasteiger partial charge on any atom is 0.291 e. The van der Waals surface area contributed by atoms with Crippen LogP contribution in [0.1, 0.15) is 31.7 Å². The molecule has 1 fully saturated rings. The van der Waals surface area contributed by atoms with Gasteiger partial charge in [-0.2, -0.15) is 0 Å². The van der Waals surface area contributed by atoms with Crippen molar-refractivity contribution in [3.05, 3.63) is 26.3 Å². The molecule has 0 spiro atoms. The molecule has 1 aliphatic heterocycles. The molecule has 0 bridgehead atoms. The monoisotopic (exact) mass is 356 g/mol. The Balaban J connectivity index is 2.35. The molecule has 2 rings (SSSR count). The maximum atomic E-state index is 11.0. The van der Waals surface area contributed by atoms with E-state index < -0.39 is 0 Å². The van der Waals surface area contributed by atoms with Gasteiger partial charge in [0, 0.05) is 24.7 Å². The summed E-state index contributed by atoms with van der Waals surface area (Å²) in [6, 6.07) is 0.392. The van der Waals surface area contributed by atoms with E-state index in [9.17, 15) is 10.1 Å². The van der Waals surface area contributed by atoms with Gasteiger partial charge in [-0.25, -0.2) is 4.98 Å². The number of rotatable bonds is 5. The largest absolute Gasteiger partial charge is 0.351 e. The Kier molecular flexibility index (Phi) is 5.52. The van der Waals surface area contributed by atoms with Crippen LogP contribution in [0.5, 0.6) is 0 Å². The smallest absolute Gasteiger partial charge is 0.291 e. The molecule has 1 aliphatic rings. The van der Waals surface area contributed by atoms with Gasteiger partial charge in [-0.3, -0.25) is 10.1 Å². The van der Waals surface area contributed by atoms with Crippen molar-refractivity contribution in [3.8, 4) is 0 Å². The molecule has 21 heavy (non-hydrogen) atoms. The second-order valence-corrected chi connectivity index (χ2v) is 6.15. The van der Waals surface area contributed by atoms with Gasteiger partial charge in [-0.15, -0.1) is 0 Å². The highest BCUT2D eigenvalue weighted by Gasteiger charge is 2.26. The van der Waals surface area contributed by atoms with Gasteiger partial charge in [0.25, 0.3) is 5.69 Å². The van der Waals surface area contributed by atoms with E-state index in [2.05, 4.69) is 38.1 Å². The Morgan fingerprint density at radius 1 is 1.62 bits per heavy atom. The zero-order valence-electron chi connectivity index (χ0n) is 12.4. The topological polar surface area (TPSA) is 71.3 Å². The minimum Gasteiger partial charge on any atom is -0.351 e. The number of nitro groups is 1. The molecule has 0 aromatic carbocycles. The number of nitrogens with zero attached hydrogens (tertiary/aromatic N) is 3. The lowest BCUT2D eigenvalue weighted by atomic mass is 10.1. The number of nitrogens with one attached hydrogen (secondary N) is 1. The van der Waals surface area contributed by atoms with E-state index in [1.807, 2.05) is 0 Å². The molecule has 0 aliphatic carbocycles. The van der Waals surface area contributed by atoms with E-state index in [4.69, 9.17) is 0 Å². The summed E-state index contributed by atoms with van der Waals surface area (Å²) in [6.45, 7) is 6.79. The van der Waals surface area contributed by atoms with Crippen LogP contribution in [0.4, 0.5) is 11.5 Å². The van der Waals surface area contributed by atoms with E-state index in [-0.39, 0.29) is 10.6 Å². The highest BCUT2D eigenvalue weighted by Crippen LogP contribution is 2.34. The second-order valence-electron chi connectivity index (χ2n) is 5.36. The minimum absolute atomic E-state index is 0.0591. The first-order chi connectivity index (χ1) is 10.1. The fourth-order valence-corrected chi connectivity index (χ4v) is 3.28. The van der Waals surface area contributed by atoms with Gasteiger partial charge >= 0.3 is 0 Å². The van der Waals surface area contributed by atoms with Crippen LogP contribution in [0.25, 0.3) is 0 Å². The lowest BCUT2D eigenvalue weighted by molar-refractivity contribution is -0.385. The molecule has 0 saturated carbocycles. The van der Waals surface area contributed by atoms with Gasteiger partial charge in [0.15, 0.2) is 0 Å². The van der Waals surface area contributed by atoms with Crippen molar-refractivity contribution < 1.29 is 4.92 Å². The standard InChI is InChI=1S/C14H21BrN4O2/c1-3-7-18(11-5-4-6-16-8-11)14-13(15)10(2)12(9-17-14)19(20)21/h9,11,16H,3-8H2,1-2H3. The zero-order valence-corrected chi connectivity index (χ0v) is 14.0. The number of pyridine rings is 1. The Bertz CT molecular complexity index is 518. The summed E-state index contributed by atoms with van der Waals surface area (Å²) in [4.78, 5) is 17.3. The number of piperidine rings is 1. The lowest BCUT2D eigenvalue weighted by Gasteiger charge is -2.36. The molecule has 1 aromatic heterocycles. The SMILES string of the molecule is CCCN(c1ncc([N+](=O)[O-])c(C)c1Br)C1CCCNC1. The normalized spacial score (nSPS) is 18.5. The van der Waals surface area contributed by atoms with Gasteiger partial charge in [0.05, 0.1) is 9.40 Å². The second kappa shape index (κ2) is 7.17. The van der Waals surface area contributed by atoms with Crippen LogP contribution >= 0.6 is 15.9 Å². The molecule has 1 unspecified atom stereocenters. The van der Waals surface area contributed by atoms with Crippen molar-refractivity contribution in [2.75, 3.05) is 24.5 Å². The average Bonchev–Trinajstić information content (AvgIpc) is 2.48. The highest BCUT2D eigenvalue weighted by molar-refractivity contribution is 9.10. The zero-order chi connectivity index (χ0) is 15.4. The van der Waals surface area contributed by atoms with E-state index in [0.29, 0.717) is 11.6 Å². The van der Waals surface area contributed by atoms with E-state index >= 15 is 0 Å². The summed E-state index contributed by atoms with van der Waals surface area (Å²) >= 11 is 3.51. The molecular formula is C14H21BrN4O2. The summed E-state index contributed by atoms with van der Waals surface area (Å²) < 4.78 is 0.732. The third-order valence-corrected chi connectivity index (χ3v) is 4.81. The Morgan fingerprint density at radius 3 is 2.95 bits per heavy atom. The van der Waals surface area contributed by atoms with Crippen molar-refractivity contribution in [1.29, 1.82) is 0 Å². The van der Waals surface area contributed by atoms with Crippen molar-refractivity contribution in [2.45, 2.75) is 39.2 Å². The van der Waals surface area contributed by atoms with Gasteiger partial charge in [0.2, 0.25) is 0 Å². The first-order valence-electron chi connectivity index (χ1n) is 7.33. The van der Waals surface area contributed by atoms with Gasteiger partial charge in [-0.05, 0) is 48.7 Å². The van der Waals surface area contributed by atoms with Crippen LogP contribution in [-0.4, -0.2) is 35.6 Å². The third kappa shape index (κ3) is 3.52. The maximum absolute atomic E-state index is 11.0. The van der Waals surface area contributed by atoms with E-state index in [1.165, 1.54) is 6.20 Å². The molecule has 7 heteroatoms. The number of anilines is 1. The minimum atomic E-state index is -0.386. The fraction of sp³-hybridized carbons (Fsp3) is 0.643. The highest BCUT2D eigenvalue weighted by atomic mass is 79.9. The molecule has 0 amide bonds. The van der Waals surface area contributed by atoms with Crippen LogP contribution < -0.4 is 10.2 Å². The number of halogens is 1. The van der Waals surface area contributed by atoms with Crippen molar-refractivity contribution in [1.82, 2.24) is 10.3 Å². The van der Waals surface area contributed by atoms with Crippen LogP contribution in [-0.2, 0) is 0 Å². The summed E-state index contributed by atoms with van der Waals surface area (Å²) in [5, 5.41) is 14.4. The summed E-state index contributed by atoms with van der Waals surface area (Å²) in [6.07, 6.45) is 4.65. The van der Waals surface area contributed by atoms with Gasteiger partial charge < -0.3 is 10.2 Å². The summed E-state index contributed by atoms with van der Waals surface area (Å²) in [5.74, 6) is 0.814. The van der Waals surface area contributed by atoms with Crippen LogP contribution in [0, 0.1) is 17.0 Å². The van der Waals surface area contributed by atoms with Crippen molar-refractivity contribution in [2.24, 2.45) is 0 Å². The Labute approximate surface area is 133 Å². The van der Waals surface area contributed by atoms with E-state index in [0.717, 1.165) is 49.2 Å². The van der Waals surface area contributed by atoms with Crippen LogP contribution in [0.3, 0.4) is 0 Å². The molecule has 1 aromatic rings. The van der Waals surface area contributed by atoms with Crippen molar-refractivity contribution >= 4 is 27.4 Å². The number of hydrogen-bond acceptors (Lipinski definition) is 5. The molecule has 2 heterocycles. The lowest BCUT2D eigenvalue weighted by Crippen LogP contribution is -2.47. The van der Waals surface area contributed by atoms with Crippen molar-refractivity contribution in [3.63, 3.8) is 0 Å². The molecule has 1 saturated heterocycles. The Hall–Kier alpha value is -1.21. The summed E-state index contributed by atoms with van der Waals surface area (Å²) in [7, 11) is 0.